The van der Waals surface area contributed by atoms with Crippen molar-refractivity contribution in [1.29, 1.82) is 0 Å². The predicted octanol–water partition coefficient (Wildman–Crippen LogP) is 5.98. The smallest absolute Gasteiger partial charge is 0.0984 e. The van der Waals surface area contributed by atoms with E-state index in [-0.39, 0.29) is 6.04 Å². The summed E-state index contributed by atoms with van der Waals surface area (Å²) in [5, 5.41) is 4.07. The molecular weight excluding hydrogens is 270 g/mol. The molecule has 0 aromatic carbocycles. The van der Waals surface area contributed by atoms with Crippen LogP contribution in [0.3, 0.4) is 0 Å². The molecule has 0 N–H and O–H groups in total. The molecule has 0 spiro atoms. The maximum atomic E-state index is 10.8. The molecule has 0 saturated heterocycles. The maximum Gasteiger partial charge on any atom is 0.0984 e. The van der Waals surface area contributed by atoms with Crippen molar-refractivity contribution in [3.63, 3.8) is 0 Å². The van der Waals surface area contributed by atoms with Crippen LogP contribution in [0.4, 0.5) is 0 Å². The van der Waals surface area contributed by atoms with Crippen molar-refractivity contribution < 1.29 is 0 Å². The van der Waals surface area contributed by atoms with Gasteiger partial charge in [0.15, 0.2) is 0 Å². The number of nitrogens with zero attached hydrogens (tertiary/aromatic N) is 1. The van der Waals surface area contributed by atoms with Crippen molar-refractivity contribution in [3.05, 3.63) is 39.8 Å². The van der Waals surface area contributed by atoms with Crippen molar-refractivity contribution in [2.75, 3.05) is 0 Å². The number of halogens is 1. The standard InChI is InChI=1S/C17H26ClNO/c1-13(9-11-15(3)18)7-5-4-6-8-16-14(2)10-12-17(16)19-20/h6,8-9,11,14,16-17H,4-5,7,10,12H2,1-3H3/b8-6+,13-9+,15-11+/t14-,16?,17+/m0/s1. The topological polar surface area (TPSA) is 29.4 Å². The molecule has 0 amide bonds. The Balaban J connectivity index is 2.30. The largest absolute Gasteiger partial charge is 0.150 e. The molecule has 1 rings (SSSR count). The molecule has 112 valence electrons. The lowest BCUT2D eigenvalue weighted by Gasteiger charge is -2.12. The third-order valence-corrected chi connectivity index (χ3v) is 4.18. The van der Waals surface area contributed by atoms with Crippen molar-refractivity contribution in [1.82, 2.24) is 0 Å². The maximum absolute atomic E-state index is 10.8. The van der Waals surface area contributed by atoms with Gasteiger partial charge in [-0.1, -0.05) is 47.5 Å². The van der Waals surface area contributed by atoms with Crippen molar-refractivity contribution in [3.8, 4) is 0 Å². The van der Waals surface area contributed by atoms with Gasteiger partial charge >= 0.3 is 0 Å². The van der Waals surface area contributed by atoms with E-state index >= 15 is 0 Å². The molecule has 2 nitrogen and oxygen atoms in total. The molecule has 0 heterocycles. The summed E-state index contributed by atoms with van der Waals surface area (Å²) in [7, 11) is 0. The van der Waals surface area contributed by atoms with Crippen LogP contribution in [0.2, 0.25) is 0 Å². The van der Waals surface area contributed by atoms with Gasteiger partial charge < -0.3 is 0 Å². The fraction of sp³-hybridized carbons (Fsp3) is 0.647. The van der Waals surface area contributed by atoms with Gasteiger partial charge in [0.25, 0.3) is 0 Å². The molecule has 3 heteroatoms. The SMILES string of the molecule is C/C(Cl)=C\C=C(/C)CCC/C=C/C1[C@@H](C)CC[C@H]1N=O. The molecule has 20 heavy (non-hydrogen) atoms. The molecule has 0 aliphatic heterocycles. The van der Waals surface area contributed by atoms with Gasteiger partial charge in [-0.05, 0) is 57.9 Å². The summed E-state index contributed by atoms with van der Waals surface area (Å²) in [6.07, 6.45) is 13.8. The molecule has 1 aliphatic carbocycles. The Morgan fingerprint density at radius 2 is 2.05 bits per heavy atom. The quantitative estimate of drug-likeness (QED) is 0.246. The molecule has 1 fully saturated rings. The summed E-state index contributed by atoms with van der Waals surface area (Å²) in [5.41, 5.74) is 1.35. The number of hydrogen-bond acceptors (Lipinski definition) is 2. The first-order chi connectivity index (χ1) is 9.54. The third kappa shape index (κ3) is 6.04. The molecule has 0 bridgehead atoms. The second kappa shape index (κ2) is 9.12. The van der Waals surface area contributed by atoms with Crippen molar-refractivity contribution in [2.45, 2.75) is 58.9 Å². The molecule has 0 radical (unpaired) electrons. The average molecular weight is 296 g/mol. The second-order valence-corrected chi connectivity index (χ2v) is 6.49. The van der Waals surface area contributed by atoms with E-state index in [1.165, 1.54) is 5.57 Å². The highest BCUT2D eigenvalue weighted by Gasteiger charge is 2.32. The van der Waals surface area contributed by atoms with Crippen LogP contribution in [0.1, 0.15) is 52.9 Å². The van der Waals surface area contributed by atoms with E-state index in [4.69, 9.17) is 11.6 Å². The molecule has 0 aromatic rings. The van der Waals surface area contributed by atoms with E-state index in [0.29, 0.717) is 11.8 Å². The highest BCUT2D eigenvalue weighted by atomic mass is 35.5. The van der Waals surface area contributed by atoms with Crippen LogP contribution in [-0.4, -0.2) is 6.04 Å². The Hall–Kier alpha value is -0.890. The third-order valence-electron chi connectivity index (χ3n) is 4.05. The Morgan fingerprint density at radius 3 is 2.70 bits per heavy atom. The van der Waals surface area contributed by atoms with Gasteiger partial charge in [0.1, 0.15) is 0 Å². The fourth-order valence-corrected chi connectivity index (χ4v) is 2.79. The van der Waals surface area contributed by atoms with E-state index in [1.54, 1.807) is 0 Å². The molecular formula is C17H26ClNO. The van der Waals surface area contributed by atoms with Crippen molar-refractivity contribution in [2.24, 2.45) is 17.0 Å². The zero-order valence-corrected chi connectivity index (χ0v) is 13.6. The van der Waals surface area contributed by atoms with Gasteiger partial charge in [0.2, 0.25) is 0 Å². The van der Waals surface area contributed by atoms with Crippen LogP contribution in [0, 0.1) is 16.7 Å². The lowest BCUT2D eigenvalue weighted by atomic mass is 9.94. The highest BCUT2D eigenvalue weighted by molar-refractivity contribution is 6.29. The van der Waals surface area contributed by atoms with Gasteiger partial charge in [-0.2, -0.15) is 4.91 Å². The Bertz CT molecular complexity index is 394. The van der Waals surface area contributed by atoms with Crippen molar-refractivity contribution >= 4 is 11.6 Å². The Morgan fingerprint density at radius 1 is 1.30 bits per heavy atom. The van der Waals surface area contributed by atoms with E-state index in [1.807, 2.05) is 13.0 Å². The minimum atomic E-state index is -0.000264. The number of nitroso groups, excluding NO2 is 1. The summed E-state index contributed by atoms with van der Waals surface area (Å²) < 4.78 is 0. The minimum Gasteiger partial charge on any atom is -0.150 e. The van der Waals surface area contributed by atoms with Crippen LogP contribution in [0.15, 0.2) is 40.1 Å². The van der Waals surface area contributed by atoms with E-state index in [9.17, 15) is 4.91 Å². The van der Waals surface area contributed by atoms with Gasteiger partial charge in [-0.3, -0.25) is 0 Å². The number of unbranched alkanes of at least 4 members (excludes halogenated alkanes) is 1. The first-order valence-corrected chi connectivity index (χ1v) is 7.91. The number of allylic oxidation sites excluding steroid dienone is 5. The van der Waals surface area contributed by atoms with Gasteiger partial charge in [0.05, 0.1) is 6.04 Å². The van der Waals surface area contributed by atoms with Gasteiger partial charge in [-0.15, -0.1) is 0 Å². The zero-order valence-electron chi connectivity index (χ0n) is 12.8. The van der Waals surface area contributed by atoms with Crippen LogP contribution in [0.5, 0.6) is 0 Å². The minimum absolute atomic E-state index is 0.000264. The van der Waals surface area contributed by atoms with E-state index in [2.05, 4.69) is 37.3 Å². The average Bonchev–Trinajstić information content (AvgIpc) is 2.77. The fourth-order valence-electron chi connectivity index (χ4n) is 2.73. The molecule has 1 saturated carbocycles. The summed E-state index contributed by atoms with van der Waals surface area (Å²) in [6, 6.07) is -0.000264. The second-order valence-electron chi connectivity index (χ2n) is 5.89. The summed E-state index contributed by atoms with van der Waals surface area (Å²) in [5.74, 6) is 0.943. The van der Waals surface area contributed by atoms with E-state index < -0.39 is 0 Å². The number of rotatable bonds is 7. The van der Waals surface area contributed by atoms with Gasteiger partial charge in [0, 0.05) is 11.0 Å². The first-order valence-electron chi connectivity index (χ1n) is 7.53. The molecule has 3 atom stereocenters. The Labute approximate surface area is 128 Å². The van der Waals surface area contributed by atoms with Crippen LogP contribution in [0.25, 0.3) is 0 Å². The normalized spacial score (nSPS) is 28.3. The van der Waals surface area contributed by atoms with E-state index in [0.717, 1.165) is 37.1 Å². The molecule has 0 aromatic heterocycles. The summed E-state index contributed by atoms with van der Waals surface area (Å²) >= 11 is 5.79. The zero-order chi connectivity index (χ0) is 15.0. The molecule has 1 unspecified atom stereocenters. The lowest BCUT2D eigenvalue weighted by Crippen LogP contribution is -2.12. The van der Waals surface area contributed by atoms with Crippen LogP contribution >= 0.6 is 11.6 Å². The molecule has 1 aliphatic rings. The summed E-state index contributed by atoms with van der Waals surface area (Å²) in [4.78, 5) is 10.8. The van der Waals surface area contributed by atoms with Crippen LogP contribution in [-0.2, 0) is 0 Å². The Kier molecular flexibility index (Phi) is 7.83. The number of hydrogen-bond donors (Lipinski definition) is 0. The monoisotopic (exact) mass is 295 g/mol. The lowest BCUT2D eigenvalue weighted by molar-refractivity contribution is 0.468. The summed E-state index contributed by atoms with van der Waals surface area (Å²) in [6.45, 7) is 6.23. The van der Waals surface area contributed by atoms with Gasteiger partial charge in [-0.25, -0.2) is 0 Å². The van der Waals surface area contributed by atoms with Crippen LogP contribution < -0.4 is 0 Å². The predicted molar refractivity (Wildman–Crippen MR) is 87.8 cm³/mol. The first kappa shape index (κ1) is 17.2. The highest BCUT2D eigenvalue weighted by Crippen LogP contribution is 2.34.